The number of nitrogens with one attached hydrogen (secondary N) is 1. The van der Waals surface area contributed by atoms with Crippen LogP contribution in [0.2, 0.25) is 0 Å². The molecule has 1 aromatic heterocycles. The number of aromatic nitrogens is 2. The first kappa shape index (κ1) is 12.0. The van der Waals surface area contributed by atoms with Crippen molar-refractivity contribution < 1.29 is 0 Å². The molecule has 0 aliphatic carbocycles. The third-order valence-corrected chi connectivity index (χ3v) is 2.85. The highest BCUT2D eigenvalue weighted by Gasteiger charge is 2.05. The highest BCUT2D eigenvalue weighted by atomic mass is 15.3. The molecule has 15 heavy (non-hydrogen) atoms. The largest absolute Gasteiger partial charge is 0.311 e. The van der Waals surface area contributed by atoms with Gasteiger partial charge in [-0.15, -0.1) is 0 Å². The molecular weight excluding hydrogens is 186 g/mol. The summed E-state index contributed by atoms with van der Waals surface area (Å²) in [4.78, 5) is 0. The molecule has 0 bridgehead atoms. The molecule has 1 rings (SSSR count). The fourth-order valence-corrected chi connectivity index (χ4v) is 1.49. The van der Waals surface area contributed by atoms with E-state index in [0.29, 0.717) is 6.04 Å². The lowest BCUT2D eigenvalue weighted by Crippen LogP contribution is -2.26. The molecule has 1 unspecified atom stereocenters. The van der Waals surface area contributed by atoms with Crippen molar-refractivity contribution in [3.05, 3.63) is 23.0 Å². The van der Waals surface area contributed by atoms with Crippen molar-refractivity contribution in [2.75, 3.05) is 6.54 Å². The van der Waals surface area contributed by atoms with E-state index >= 15 is 0 Å². The second-order valence-electron chi connectivity index (χ2n) is 3.98. The zero-order valence-electron chi connectivity index (χ0n) is 10.3. The van der Waals surface area contributed by atoms with Gasteiger partial charge in [-0.25, -0.2) is 0 Å². The number of hydrogen-bond acceptors (Lipinski definition) is 2. The predicted molar refractivity (Wildman–Crippen MR) is 64.7 cm³/mol. The molecule has 1 aromatic rings. The fourth-order valence-electron chi connectivity index (χ4n) is 1.49. The lowest BCUT2D eigenvalue weighted by molar-refractivity contribution is 0.636. The topological polar surface area (TPSA) is 29.9 Å². The molecule has 0 amide bonds. The molecule has 0 saturated heterocycles. The van der Waals surface area contributed by atoms with Gasteiger partial charge in [-0.3, -0.25) is 4.68 Å². The van der Waals surface area contributed by atoms with Crippen molar-refractivity contribution in [3.63, 3.8) is 0 Å². The van der Waals surface area contributed by atoms with Crippen LogP contribution in [0.15, 0.2) is 11.8 Å². The van der Waals surface area contributed by atoms with E-state index in [1.807, 2.05) is 17.9 Å². The molecule has 0 spiro atoms. The van der Waals surface area contributed by atoms with Crippen LogP contribution in [-0.4, -0.2) is 22.4 Å². The average molecular weight is 207 g/mol. The van der Waals surface area contributed by atoms with Crippen LogP contribution >= 0.6 is 0 Å². The van der Waals surface area contributed by atoms with Gasteiger partial charge in [0, 0.05) is 24.3 Å². The SMILES string of the molecule is CCNC(C)C(C)=Cc1cnn(C)c1C. The molecule has 1 atom stereocenters. The number of likely N-dealkylation sites (N-methyl/N-ethyl adjacent to an activating group) is 1. The lowest BCUT2D eigenvalue weighted by Gasteiger charge is -2.12. The first-order valence-corrected chi connectivity index (χ1v) is 5.46. The molecule has 0 saturated carbocycles. The van der Waals surface area contributed by atoms with E-state index in [9.17, 15) is 0 Å². The quantitative estimate of drug-likeness (QED) is 0.819. The second-order valence-corrected chi connectivity index (χ2v) is 3.98. The summed E-state index contributed by atoms with van der Waals surface area (Å²) in [6, 6.07) is 0.426. The maximum absolute atomic E-state index is 4.23. The van der Waals surface area contributed by atoms with Crippen LogP contribution in [0.1, 0.15) is 32.0 Å². The number of hydrogen-bond donors (Lipinski definition) is 1. The first-order valence-electron chi connectivity index (χ1n) is 5.46. The normalized spacial score (nSPS) is 14.3. The number of rotatable bonds is 4. The molecule has 0 aliphatic heterocycles. The second kappa shape index (κ2) is 5.12. The third kappa shape index (κ3) is 2.93. The van der Waals surface area contributed by atoms with E-state index in [4.69, 9.17) is 0 Å². The Hall–Kier alpha value is -1.09. The summed E-state index contributed by atoms with van der Waals surface area (Å²) in [7, 11) is 1.97. The zero-order valence-corrected chi connectivity index (χ0v) is 10.3. The molecule has 1 heterocycles. The summed E-state index contributed by atoms with van der Waals surface area (Å²) in [6.07, 6.45) is 4.12. The van der Waals surface area contributed by atoms with Crippen molar-refractivity contribution >= 4 is 6.08 Å². The van der Waals surface area contributed by atoms with Crippen LogP contribution in [0, 0.1) is 6.92 Å². The average Bonchev–Trinajstić information content (AvgIpc) is 2.50. The van der Waals surface area contributed by atoms with E-state index < -0.39 is 0 Å². The zero-order chi connectivity index (χ0) is 11.4. The Morgan fingerprint density at radius 1 is 1.67 bits per heavy atom. The van der Waals surface area contributed by atoms with Crippen LogP contribution in [0.5, 0.6) is 0 Å². The Balaban J connectivity index is 2.82. The van der Waals surface area contributed by atoms with Gasteiger partial charge in [0.1, 0.15) is 0 Å². The Labute approximate surface area is 92.2 Å². The van der Waals surface area contributed by atoms with E-state index in [1.165, 1.54) is 16.8 Å². The van der Waals surface area contributed by atoms with Gasteiger partial charge in [0.2, 0.25) is 0 Å². The van der Waals surface area contributed by atoms with Crippen molar-refractivity contribution in [1.29, 1.82) is 0 Å². The van der Waals surface area contributed by atoms with Gasteiger partial charge in [0.25, 0.3) is 0 Å². The summed E-state index contributed by atoms with van der Waals surface area (Å²) in [5.41, 5.74) is 3.76. The van der Waals surface area contributed by atoms with Gasteiger partial charge >= 0.3 is 0 Å². The smallest absolute Gasteiger partial charge is 0.0564 e. The molecule has 84 valence electrons. The minimum absolute atomic E-state index is 0.426. The van der Waals surface area contributed by atoms with Crippen LogP contribution in [0.4, 0.5) is 0 Å². The standard InChI is InChI=1S/C12H21N3/c1-6-13-10(3)9(2)7-12-8-14-15(5)11(12)4/h7-8,10,13H,6H2,1-5H3. The molecule has 0 aliphatic rings. The van der Waals surface area contributed by atoms with E-state index in [-0.39, 0.29) is 0 Å². The fraction of sp³-hybridized carbons (Fsp3) is 0.583. The lowest BCUT2D eigenvalue weighted by atomic mass is 10.1. The van der Waals surface area contributed by atoms with Crippen LogP contribution in [0.25, 0.3) is 6.08 Å². The van der Waals surface area contributed by atoms with E-state index in [2.05, 4.69) is 44.2 Å². The Morgan fingerprint density at radius 2 is 2.33 bits per heavy atom. The minimum atomic E-state index is 0.426. The van der Waals surface area contributed by atoms with Gasteiger partial charge in [0.05, 0.1) is 6.20 Å². The summed E-state index contributed by atoms with van der Waals surface area (Å²) in [6.45, 7) is 9.54. The van der Waals surface area contributed by atoms with Gasteiger partial charge in [-0.2, -0.15) is 5.10 Å². The predicted octanol–water partition coefficient (Wildman–Crippen LogP) is 2.13. The van der Waals surface area contributed by atoms with Gasteiger partial charge in [-0.1, -0.05) is 18.6 Å². The van der Waals surface area contributed by atoms with E-state index in [1.54, 1.807) is 0 Å². The van der Waals surface area contributed by atoms with Gasteiger partial charge in [0.15, 0.2) is 0 Å². The minimum Gasteiger partial charge on any atom is -0.311 e. The molecule has 1 N–H and O–H groups in total. The summed E-state index contributed by atoms with van der Waals surface area (Å²) in [5.74, 6) is 0. The molecule has 0 radical (unpaired) electrons. The molecule has 3 heteroatoms. The van der Waals surface area contributed by atoms with Crippen LogP contribution < -0.4 is 5.32 Å². The summed E-state index contributed by atoms with van der Waals surface area (Å²) in [5, 5.41) is 7.62. The summed E-state index contributed by atoms with van der Waals surface area (Å²) < 4.78 is 1.90. The molecule has 3 nitrogen and oxygen atoms in total. The third-order valence-electron chi connectivity index (χ3n) is 2.85. The van der Waals surface area contributed by atoms with Crippen LogP contribution in [-0.2, 0) is 7.05 Å². The maximum atomic E-state index is 4.23. The monoisotopic (exact) mass is 207 g/mol. The number of aryl methyl sites for hydroxylation is 1. The first-order chi connectivity index (χ1) is 7.06. The Morgan fingerprint density at radius 3 is 2.80 bits per heavy atom. The van der Waals surface area contributed by atoms with Crippen molar-refractivity contribution in [1.82, 2.24) is 15.1 Å². The van der Waals surface area contributed by atoms with Crippen molar-refractivity contribution in [3.8, 4) is 0 Å². The maximum Gasteiger partial charge on any atom is 0.0564 e. The van der Waals surface area contributed by atoms with Gasteiger partial charge in [-0.05, 0) is 27.3 Å². The van der Waals surface area contributed by atoms with Gasteiger partial charge < -0.3 is 5.32 Å². The van der Waals surface area contributed by atoms with Crippen molar-refractivity contribution in [2.24, 2.45) is 7.05 Å². The highest BCUT2D eigenvalue weighted by molar-refractivity contribution is 5.54. The highest BCUT2D eigenvalue weighted by Crippen LogP contribution is 2.12. The molecular formula is C12H21N3. The van der Waals surface area contributed by atoms with Crippen LogP contribution in [0.3, 0.4) is 0 Å². The Bertz CT molecular complexity index is 350. The van der Waals surface area contributed by atoms with Crippen molar-refractivity contribution in [2.45, 2.75) is 33.7 Å². The number of nitrogens with zero attached hydrogens (tertiary/aromatic N) is 2. The molecule has 0 aromatic carbocycles. The Kier molecular flexibility index (Phi) is 4.09. The summed E-state index contributed by atoms with van der Waals surface area (Å²) >= 11 is 0. The molecule has 0 fully saturated rings. The van der Waals surface area contributed by atoms with E-state index in [0.717, 1.165) is 6.54 Å².